The highest BCUT2D eigenvalue weighted by molar-refractivity contribution is 5.36. The van der Waals surface area contributed by atoms with Crippen LogP contribution in [0.5, 0.6) is 5.75 Å². The van der Waals surface area contributed by atoms with Gasteiger partial charge in [-0.1, -0.05) is 32.0 Å². The molecule has 1 aromatic rings. The number of hydrogen-bond donors (Lipinski definition) is 1. The number of para-hydroxylation sites is 1. The highest BCUT2D eigenvalue weighted by Gasteiger charge is 2.25. The van der Waals surface area contributed by atoms with Gasteiger partial charge in [-0.3, -0.25) is 0 Å². The van der Waals surface area contributed by atoms with Gasteiger partial charge in [-0.15, -0.1) is 0 Å². The van der Waals surface area contributed by atoms with E-state index in [9.17, 15) is 0 Å². The number of rotatable bonds is 6. The average molecular weight is 290 g/mol. The first-order valence-corrected chi connectivity index (χ1v) is 8.27. The van der Waals surface area contributed by atoms with Crippen molar-refractivity contribution in [3.63, 3.8) is 0 Å². The van der Waals surface area contributed by atoms with E-state index >= 15 is 0 Å². The van der Waals surface area contributed by atoms with Crippen molar-refractivity contribution in [2.75, 3.05) is 33.3 Å². The molecule has 3 nitrogen and oxygen atoms in total. The summed E-state index contributed by atoms with van der Waals surface area (Å²) in [7, 11) is 2.05. The normalized spacial score (nSPS) is 24.8. The third-order valence-corrected chi connectivity index (χ3v) is 4.80. The van der Waals surface area contributed by atoms with E-state index in [-0.39, 0.29) is 0 Å². The monoisotopic (exact) mass is 290 g/mol. The van der Waals surface area contributed by atoms with E-state index < -0.39 is 0 Å². The number of nitrogens with one attached hydrogen (secondary N) is 1. The molecule has 1 saturated heterocycles. The molecule has 0 radical (unpaired) electrons. The Hall–Kier alpha value is -1.06. The minimum Gasteiger partial charge on any atom is -0.494 e. The molecule has 0 aromatic heterocycles. The van der Waals surface area contributed by atoms with Gasteiger partial charge < -0.3 is 15.0 Å². The zero-order valence-corrected chi connectivity index (χ0v) is 13.9. The largest absolute Gasteiger partial charge is 0.494 e. The summed E-state index contributed by atoms with van der Waals surface area (Å²) in [6.45, 7) is 11.0. The highest BCUT2D eigenvalue weighted by Crippen LogP contribution is 2.28. The Morgan fingerprint density at radius 1 is 1.29 bits per heavy atom. The SMILES string of the molecule is CCOc1ccccc1C(CN1CCC(C)C(C)C1)NC. The molecule has 0 aliphatic carbocycles. The van der Waals surface area contributed by atoms with Crippen LogP contribution >= 0.6 is 0 Å². The first kappa shape index (κ1) is 16.3. The molecule has 1 aliphatic heterocycles. The lowest BCUT2D eigenvalue weighted by molar-refractivity contribution is 0.127. The summed E-state index contributed by atoms with van der Waals surface area (Å²) in [6.07, 6.45) is 1.31. The summed E-state index contributed by atoms with van der Waals surface area (Å²) in [5, 5.41) is 3.47. The molecule has 1 fully saturated rings. The van der Waals surface area contributed by atoms with E-state index in [1.165, 1.54) is 25.1 Å². The lowest BCUT2D eigenvalue weighted by atomic mass is 9.88. The average Bonchev–Trinajstić information content (AvgIpc) is 2.49. The lowest BCUT2D eigenvalue weighted by Crippen LogP contribution is -2.42. The molecule has 3 atom stereocenters. The first-order valence-electron chi connectivity index (χ1n) is 8.27. The number of benzene rings is 1. The second-order valence-corrected chi connectivity index (χ2v) is 6.31. The van der Waals surface area contributed by atoms with E-state index in [4.69, 9.17) is 4.74 Å². The molecule has 1 N–H and O–H groups in total. The second-order valence-electron chi connectivity index (χ2n) is 6.31. The number of ether oxygens (including phenoxy) is 1. The van der Waals surface area contributed by atoms with Crippen molar-refractivity contribution in [3.05, 3.63) is 29.8 Å². The van der Waals surface area contributed by atoms with Crippen LogP contribution in [-0.4, -0.2) is 38.2 Å². The van der Waals surface area contributed by atoms with Crippen LogP contribution in [-0.2, 0) is 0 Å². The number of hydrogen-bond acceptors (Lipinski definition) is 3. The van der Waals surface area contributed by atoms with Crippen molar-refractivity contribution in [1.82, 2.24) is 10.2 Å². The molecular weight excluding hydrogens is 260 g/mol. The number of piperidine rings is 1. The Balaban J connectivity index is 2.06. The zero-order chi connectivity index (χ0) is 15.2. The van der Waals surface area contributed by atoms with Gasteiger partial charge in [0.05, 0.1) is 6.61 Å². The van der Waals surface area contributed by atoms with Crippen molar-refractivity contribution in [2.45, 2.75) is 33.2 Å². The summed E-state index contributed by atoms with van der Waals surface area (Å²) >= 11 is 0. The molecule has 3 unspecified atom stereocenters. The van der Waals surface area contributed by atoms with E-state index in [1.54, 1.807) is 0 Å². The van der Waals surface area contributed by atoms with Crippen LogP contribution in [0, 0.1) is 11.8 Å². The third-order valence-electron chi connectivity index (χ3n) is 4.80. The fourth-order valence-corrected chi connectivity index (χ4v) is 3.17. The van der Waals surface area contributed by atoms with Crippen molar-refractivity contribution < 1.29 is 4.74 Å². The predicted molar refractivity (Wildman–Crippen MR) is 88.8 cm³/mol. The zero-order valence-electron chi connectivity index (χ0n) is 13.9. The molecule has 1 aromatic carbocycles. The smallest absolute Gasteiger partial charge is 0.124 e. The van der Waals surface area contributed by atoms with Crippen LogP contribution in [0.3, 0.4) is 0 Å². The molecule has 0 amide bonds. The number of likely N-dealkylation sites (tertiary alicyclic amines) is 1. The molecular formula is C18H30N2O. The van der Waals surface area contributed by atoms with Crippen LogP contribution in [0.15, 0.2) is 24.3 Å². The van der Waals surface area contributed by atoms with Crippen LogP contribution in [0.4, 0.5) is 0 Å². The van der Waals surface area contributed by atoms with Crippen molar-refractivity contribution in [1.29, 1.82) is 0 Å². The van der Waals surface area contributed by atoms with Gasteiger partial charge >= 0.3 is 0 Å². The second kappa shape index (κ2) is 7.81. The van der Waals surface area contributed by atoms with Gasteiger partial charge in [0, 0.05) is 24.7 Å². The lowest BCUT2D eigenvalue weighted by Gasteiger charge is -2.37. The topological polar surface area (TPSA) is 24.5 Å². The minimum atomic E-state index is 0.327. The fraction of sp³-hybridized carbons (Fsp3) is 0.667. The molecule has 3 heteroatoms. The standard InChI is InChI=1S/C18H30N2O/c1-5-21-18-9-7-6-8-16(18)17(19-4)13-20-11-10-14(2)15(3)12-20/h6-9,14-15,17,19H,5,10-13H2,1-4H3. The summed E-state index contributed by atoms with van der Waals surface area (Å²) < 4.78 is 5.79. The molecule has 1 aliphatic rings. The molecule has 2 rings (SSSR count). The van der Waals surface area contributed by atoms with E-state index in [0.29, 0.717) is 12.6 Å². The summed E-state index contributed by atoms with van der Waals surface area (Å²) in [5.41, 5.74) is 1.27. The van der Waals surface area contributed by atoms with Gasteiger partial charge in [-0.25, -0.2) is 0 Å². The summed E-state index contributed by atoms with van der Waals surface area (Å²) in [5.74, 6) is 2.65. The molecule has 1 heterocycles. The van der Waals surface area contributed by atoms with Gasteiger partial charge in [-0.2, -0.15) is 0 Å². The Bertz CT molecular complexity index is 435. The van der Waals surface area contributed by atoms with E-state index in [1.807, 2.05) is 20.0 Å². The van der Waals surface area contributed by atoms with Crippen molar-refractivity contribution in [2.24, 2.45) is 11.8 Å². The maximum atomic E-state index is 5.79. The van der Waals surface area contributed by atoms with Crippen LogP contribution < -0.4 is 10.1 Å². The molecule has 0 bridgehead atoms. The maximum Gasteiger partial charge on any atom is 0.124 e. The molecule has 118 valence electrons. The molecule has 0 spiro atoms. The third kappa shape index (κ3) is 4.21. The molecule has 0 saturated carbocycles. The van der Waals surface area contributed by atoms with E-state index in [0.717, 1.165) is 24.1 Å². The van der Waals surface area contributed by atoms with Crippen molar-refractivity contribution in [3.8, 4) is 5.75 Å². The number of nitrogens with zero attached hydrogens (tertiary/aromatic N) is 1. The first-order chi connectivity index (χ1) is 10.2. The Morgan fingerprint density at radius 3 is 2.71 bits per heavy atom. The van der Waals surface area contributed by atoms with Crippen LogP contribution in [0.1, 0.15) is 38.8 Å². The van der Waals surface area contributed by atoms with Gasteiger partial charge in [-0.05, 0) is 44.8 Å². The summed E-state index contributed by atoms with van der Waals surface area (Å²) in [6, 6.07) is 8.73. The van der Waals surface area contributed by atoms with Gasteiger partial charge in [0.2, 0.25) is 0 Å². The fourth-order valence-electron chi connectivity index (χ4n) is 3.17. The Labute approximate surface area is 129 Å². The summed E-state index contributed by atoms with van der Waals surface area (Å²) in [4.78, 5) is 2.59. The maximum absolute atomic E-state index is 5.79. The highest BCUT2D eigenvalue weighted by atomic mass is 16.5. The Morgan fingerprint density at radius 2 is 2.05 bits per heavy atom. The van der Waals surface area contributed by atoms with E-state index in [2.05, 4.69) is 42.3 Å². The quantitative estimate of drug-likeness (QED) is 0.870. The van der Waals surface area contributed by atoms with Crippen LogP contribution in [0.25, 0.3) is 0 Å². The number of likely N-dealkylation sites (N-methyl/N-ethyl adjacent to an activating group) is 1. The minimum absolute atomic E-state index is 0.327. The van der Waals surface area contributed by atoms with Crippen molar-refractivity contribution >= 4 is 0 Å². The van der Waals surface area contributed by atoms with Crippen LogP contribution in [0.2, 0.25) is 0 Å². The predicted octanol–water partition coefficient (Wildman–Crippen LogP) is 3.32. The van der Waals surface area contributed by atoms with Gasteiger partial charge in [0.1, 0.15) is 5.75 Å². The van der Waals surface area contributed by atoms with Gasteiger partial charge in [0.15, 0.2) is 0 Å². The molecule has 21 heavy (non-hydrogen) atoms. The Kier molecular flexibility index (Phi) is 6.07. The van der Waals surface area contributed by atoms with Gasteiger partial charge in [0.25, 0.3) is 0 Å².